The number of nitrogens with zero attached hydrogens (tertiary/aromatic N) is 4. The molecule has 1 aliphatic carbocycles. The standard InChI is InChI=1S/C19H17F4N5O3S/c1-28-14(2-5-26-28)11-8-19(22,23)9-16(11)31-15-6-13(21)17(7-12(15)20)32(29,30)27-18-3-4-24-10-25-18/h2-7,10-11,16H,8-9H2,1H3,(H,24,25,27). The highest BCUT2D eigenvalue weighted by Crippen LogP contribution is 2.46. The highest BCUT2D eigenvalue weighted by Gasteiger charge is 2.49. The fraction of sp³-hybridized carbons (Fsp3) is 0.316. The molecule has 0 saturated heterocycles. The van der Waals surface area contributed by atoms with Crippen molar-refractivity contribution in [3.05, 3.63) is 60.3 Å². The summed E-state index contributed by atoms with van der Waals surface area (Å²) in [4.78, 5) is 6.30. The van der Waals surface area contributed by atoms with Gasteiger partial charge in [0, 0.05) is 56.0 Å². The Hall–Kier alpha value is -3.22. The molecule has 2 heterocycles. The van der Waals surface area contributed by atoms with Crippen LogP contribution in [0.4, 0.5) is 23.4 Å². The minimum atomic E-state index is -4.52. The molecular weight excluding hydrogens is 454 g/mol. The van der Waals surface area contributed by atoms with Crippen molar-refractivity contribution in [3.8, 4) is 5.75 Å². The number of nitrogens with one attached hydrogen (secondary N) is 1. The van der Waals surface area contributed by atoms with Crippen molar-refractivity contribution in [2.24, 2.45) is 7.05 Å². The van der Waals surface area contributed by atoms with Crippen LogP contribution in [-0.4, -0.2) is 40.2 Å². The Balaban J connectivity index is 1.61. The van der Waals surface area contributed by atoms with Gasteiger partial charge in [-0.15, -0.1) is 0 Å². The molecule has 4 rings (SSSR count). The van der Waals surface area contributed by atoms with Crippen LogP contribution in [0.2, 0.25) is 0 Å². The maximum absolute atomic E-state index is 14.7. The molecule has 3 aromatic rings. The molecule has 2 atom stereocenters. The number of alkyl halides is 2. The van der Waals surface area contributed by atoms with E-state index in [4.69, 9.17) is 4.74 Å². The van der Waals surface area contributed by atoms with Crippen LogP contribution in [0.3, 0.4) is 0 Å². The fourth-order valence-corrected chi connectivity index (χ4v) is 4.73. The SMILES string of the molecule is Cn1nccc1C1CC(F)(F)CC1Oc1cc(F)c(S(=O)(=O)Nc2ccncn2)cc1F. The van der Waals surface area contributed by atoms with E-state index in [1.54, 1.807) is 13.1 Å². The maximum atomic E-state index is 14.7. The molecule has 0 amide bonds. The van der Waals surface area contributed by atoms with Crippen LogP contribution < -0.4 is 9.46 Å². The van der Waals surface area contributed by atoms with Crippen molar-refractivity contribution in [3.63, 3.8) is 0 Å². The van der Waals surface area contributed by atoms with Crippen LogP contribution in [0.25, 0.3) is 0 Å². The van der Waals surface area contributed by atoms with Gasteiger partial charge in [0.15, 0.2) is 11.6 Å². The largest absolute Gasteiger partial charge is 0.486 e. The molecule has 170 valence electrons. The molecule has 13 heteroatoms. The summed E-state index contributed by atoms with van der Waals surface area (Å²) in [5.41, 5.74) is 0.460. The summed E-state index contributed by atoms with van der Waals surface area (Å²) >= 11 is 0. The van der Waals surface area contributed by atoms with Crippen molar-refractivity contribution in [2.75, 3.05) is 4.72 Å². The number of benzene rings is 1. The Kier molecular flexibility index (Phi) is 5.53. The van der Waals surface area contributed by atoms with Crippen molar-refractivity contribution >= 4 is 15.8 Å². The minimum Gasteiger partial charge on any atom is -0.486 e. The van der Waals surface area contributed by atoms with E-state index < -0.39 is 63.1 Å². The third kappa shape index (κ3) is 4.38. The number of ether oxygens (including phenoxy) is 1. The van der Waals surface area contributed by atoms with Gasteiger partial charge in [-0.25, -0.2) is 35.9 Å². The first-order valence-corrected chi connectivity index (χ1v) is 10.8. The molecule has 0 bridgehead atoms. The van der Waals surface area contributed by atoms with Crippen LogP contribution in [0.15, 0.2) is 47.9 Å². The fourth-order valence-electron chi connectivity index (χ4n) is 3.65. The van der Waals surface area contributed by atoms with Gasteiger partial charge in [-0.3, -0.25) is 9.40 Å². The summed E-state index contributed by atoms with van der Waals surface area (Å²) in [5.74, 6) is -7.23. The lowest BCUT2D eigenvalue weighted by Gasteiger charge is -2.21. The molecule has 0 radical (unpaired) electrons. The summed E-state index contributed by atoms with van der Waals surface area (Å²) < 4.78 is 91.2. The molecule has 8 nitrogen and oxygen atoms in total. The highest BCUT2D eigenvalue weighted by molar-refractivity contribution is 7.92. The Morgan fingerprint density at radius 2 is 1.94 bits per heavy atom. The predicted octanol–water partition coefficient (Wildman–Crippen LogP) is 3.25. The average Bonchev–Trinajstić information content (AvgIpc) is 3.26. The quantitative estimate of drug-likeness (QED) is 0.554. The van der Waals surface area contributed by atoms with Gasteiger partial charge in [-0.1, -0.05) is 0 Å². The first-order chi connectivity index (χ1) is 15.1. The Morgan fingerprint density at radius 3 is 2.59 bits per heavy atom. The van der Waals surface area contributed by atoms with Crippen LogP contribution in [0, 0.1) is 11.6 Å². The van der Waals surface area contributed by atoms with Gasteiger partial charge in [0.05, 0.1) is 0 Å². The van der Waals surface area contributed by atoms with Crippen molar-refractivity contribution in [2.45, 2.75) is 35.7 Å². The van der Waals surface area contributed by atoms with Crippen molar-refractivity contribution in [1.29, 1.82) is 0 Å². The van der Waals surface area contributed by atoms with Gasteiger partial charge >= 0.3 is 0 Å². The monoisotopic (exact) mass is 471 g/mol. The molecule has 0 spiro atoms. The van der Waals surface area contributed by atoms with Crippen LogP contribution >= 0.6 is 0 Å². The van der Waals surface area contributed by atoms with Gasteiger partial charge in [-0.2, -0.15) is 5.10 Å². The molecule has 2 unspecified atom stereocenters. The lowest BCUT2D eigenvalue weighted by Crippen LogP contribution is -2.23. The van der Waals surface area contributed by atoms with Gasteiger partial charge in [0.2, 0.25) is 0 Å². The van der Waals surface area contributed by atoms with Crippen LogP contribution in [0.5, 0.6) is 5.75 Å². The van der Waals surface area contributed by atoms with E-state index in [1.165, 1.54) is 23.1 Å². The second-order valence-corrected chi connectivity index (χ2v) is 8.97. The van der Waals surface area contributed by atoms with E-state index >= 15 is 0 Å². The van der Waals surface area contributed by atoms with Crippen molar-refractivity contribution < 1.29 is 30.7 Å². The number of halogens is 4. The number of hydrogen-bond acceptors (Lipinski definition) is 6. The van der Waals surface area contributed by atoms with E-state index in [0.717, 1.165) is 6.33 Å². The van der Waals surface area contributed by atoms with E-state index in [0.29, 0.717) is 17.8 Å². The molecule has 1 fully saturated rings. The lowest BCUT2D eigenvalue weighted by molar-refractivity contribution is -0.00166. The molecule has 1 saturated carbocycles. The topological polar surface area (TPSA) is 99.0 Å². The van der Waals surface area contributed by atoms with E-state index in [-0.39, 0.29) is 5.82 Å². The Labute approximate surface area is 180 Å². The normalized spacial score (nSPS) is 20.3. The first kappa shape index (κ1) is 22.0. The Morgan fingerprint density at radius 1 is 1.16 bits per heavy atom. The van der Waals surface area contributed by atoms with E-state index in [2.05, 4.69) is 15.1 Å². The number of aryl methyl sites for hydroxylation is 1. The molecule has 2 aromatic heterocycles. The third-order valence-electron chi connectivity index (χ3n) is 5.08. The third-order valence-corrected chi connectivity index (χ3v) is 6.45. The summed E-state index contributed by atoms with van der Waals surface area (Å²) in [6, 6.07) is 3.73. The lowest BCUT2D eigenvalue weighted by atomic mass is 10.0. The van der Waals surface area contributed by atoms with Gasteiger partial charge < -0.3 is 4.74 Å². The summed E-state index contributed by atoms with van der Waals surface area (Å²) in [6.07, 6.45) is 1.34. The zero-order valence-electron chi connectivity index (χ0n) is 16.5. The first-order valence-electron chi connectivity index (χ1n) is 9.36. The molecular formula is C19H17F4N5O3S. The molecule has 1 aliphatic rings. The van der Waals surface area contributed by atoms with Gasteiger partial charge in [0.25, 0.3) is 15.9 Å². The van der Waals surface area contributed by atoms with Gasteiger partial charge in [0.1, 0.15) is 29.0 Å². The number of anilines is 1. The van der Waals surface area contributed by atoms with E-state index in [9.17, 15) is 26.0 Å². The van der Waals surface area contributed by atoms with Crippen LogP contribution in [-0.2, 0) is 17.1 Å². The predicted molar refractivity (Wildman–Crippen MR) is 104 cm³/mol. The molecule has 0 aliphatic heterocycles. The zero-order valence-corrected chi connectivity index (χ0v) is 17.4. The van der Waals surface area contributed by atoms with E-state index in [1.807, 2.05) is 4.72 Å². The number of rotatable bonds is 6. The Bertz CT molecular complexity index is 1240. The number of hydrogen-bond donors (Lipinski definition) is 1. The van der Waals surface area contributed by atoms with Crippen molar-refractivity contribution in [1.82, 2.24) is 19.7 Å². The highest BCUT2D eigenvalue weighted by atomic mass is 32.2. The minimum absolute atomic E-state index is 0.146. The second kappa shape index (κ2) is 8.04. The smallest absolute Gasteiger partial charge is 0.266 e. The molecule has 1 aromatic carbocycles. The summed E-state index contributed by atoms with van der Waals surface area (Å²) in [7, 11) is -2.95. The zero-order chi connectivity index (χ0) is 23.1. The summed E-state index contributed by atoms with van der Waals surface area (Å²) in [5, 5.41) is 3.95. The van der Waals surface area contributed by atoms with Gasteiger partial charge in [-0.05, 0) is 12.1 Å². The summed E-state index contributed by atoms with van der Waals surface area (Å²) in [6.45, 7) is 0. The number of sulfonamides is 1. The average molecular weight is 471 g/mol. The molecule has 32 heavy (non-hydrogen) atoms. The second-order valence-electron chi connectivity index (χ2n) is 7.32. The van der Waals surface area contributed by atoms with Crippen LogP contribution in [0.1, 0.15) is 24.5 Å². The molecule has 1 N–H and O–H groups in total. The number of aromatic nitrogens is 4. The maximum Gasteiger partial charge on any atom is 0.266 e.